The van der Waals surface area contributed by atoms with E-state index in [2.05, 4.69) is 15.4 Å². The van der Waals surface area contributed by atoms with Crippen molar-refractivity contribution in [2.24, 2.45) is 4.99 Å². The molecule has 0 aromatic carbocycles. The van der Waals surface area contributed by atoms with Gasteiger partial charge in [0.2, 0.25) is 5.91 Å². The van der Waals surface area contributed by atoms with E-state index in [4.69, 9.17) is 11.6 Å². The number of aromatic nitrogens is 2. The smallest absolute Gasteiger partial charge is 0.227 e. The number of carbonyl (C=O) groups is 1. The minimum atomic E-state index is -0.0353. The van der Waals surface area contributed by atoms with E-state index < -0.39 is 0 Å². The molecule has 98 valence electrons. The van der Waals surface area contributed by atoms with Gasteiger partial charge in [-0.25, -0.2) is 0 Å². The first kappa shape index (κ1) is 13.4. The third-order valence-corrected chi connectivity index (χ3v) is 4.11. The minimum absolute atomic E-state index is 0.0353. The molecule has 7 heteroatoms. The second kappa shape index (κ2) is 5.75. The maximum absolute atomic E-state index is 11.7. The van der Waals surface area contributed by atoms with Gasteiger partial charge in [-0.1, -0.05) is 23.4 Å². The summed E-state index contributed by atoms with van der Waals surface area (Å²) in [7, 11) is 0. The van der Waals surface area contributed by atoms with Crippen LogP contribution in [-0.4, -0.2) is 33.2 Å². The molecule has 18 heavy (non-hydrogen) atoms. The molecule has 0 bridgehead atoms. The van der Waals surface area contributed by atoms with Crippen LogP contribution in [-0.2, 0) is 11.3 Å². The number of hydrogen-bond donors (Lipinski definition) is 1. The zero-order valence-corrected chi connectivity index (χ0v) is 11.9. The van der Waals surface area contributed by atoms with Crippen LogP contribution in [0, 0.1) is 13.8 Å². The monoisotopic (exact) mass is 286 g/mol. The number of nitrogens with zero attached hydrogens (tertiary/aromatic N) is 3. The van der Waals surface area contributed by atoms with Gasteiger partial charge < -0.3 is 5.32 Å². The molecule has 2 rings (SSSR count). The molecule has 0 spiro atoms. The number of thioether (sulfide) groups is 1. The lowest BCUT2D eigenvalue weighted by Crippen LogP contribution is -2.28. The van der Waals surface area contributed by atoms with Crippen LogP contribution in [0.5, 0.6) is 0 Å². The van der Waals surface area contributed by atoms with E-state index in [9.17, 15) is 4.79 Å². The van der Waals surface area contributed by atoms with Crippen LogP contribution in [0.1, 0.15) is 17.8 Å². The zero-order chi connectivity index (χ0) is 13.1. The molecular formula is C11H15ClN4OS. The number of aliphatic imine (C=N–C) groups is 1. The van der Waals surface area contributed by atoms with Gasteiger partial charge in [0.25, 0.3) is 0 Å². The van der Waals surface area contributed by atoms with E-state index >= 15 is 0 Å². The molecule has 0 radical (unpaired) electrons. The van der Waals surface area contributed by atoms with Crippen molar-refractivity contribution in [2.45, 2.75) is 26.8 Å². The summed E-state index contributed by atoms with van der Waals surface area (Å²) in [4.78, 5) is 15.9. The molecule has 2 heterocycles. The lowest BCUT2D eigenvalue weighted by Gasteiger charge is -2.05. The number of hydrogen-bond acceptors (Lipinski definition) is 4. The molecule has 0 aliphatic carbocycles. The summed E-state index contributed by atoms with van der Waals surface area (Å²) in [5, 5.41) is 8.47. The van der Waals surface area contributed by atoms with Crippen molar-refractivity contribution in [1.82, 2.24) is 15.1 Å². The van der Waals surface area contributed by atoms with Crippen molar-refractivity contribution in [3.05, 3.63) is 16.4 Å². The predicted octanol–water partition coefficient (Wildman–Crippen LogP) is 1.76. The summed E-state index contributed by atoms with van der Waals surface area (Å²) in [6, 6.07) is 0. The first-order valence-electron chi connectivity index (χ1n) is 5.74. The third-order valence-electron chi connectivity index (χ3n) is 2.68. The van der Waals surface area contributed by atoms with Crippen LogP contribution in [0.2, 0.25) is 5.02 Å². The number of amidine groups is 1. The molecule has 1 amide bonds. The first-order valence-corrected chi connectivity index (χ1v) is 7.11. The van der Waals surface area contributed by atoms with Crippen LogP contribution in [0.4, 0.5) is 0 Å². The topological polar surface area (TPSA) is 59.3 Å². The molecule has 0 saturated carbocycles. The average Bonchev–Trinajstić information content (AvgIpc) is 2.92. The van der Waals surface area contributed by atoms with Gasteiger partial charge in [-0.2, -0.15) is 5.10 Å². The third kappa shape index (κ3) is 3.05. The van der Waals surface area contributed by atoms with E-state index in [1.54, 1.807) is 16.4 Å². The van der Waals surface area contributed by atoms with Crippen LogP contribution in [0.3, 0.4) is 0 Å². The molecule has 1 N–H and O–H groups in total. The maximum atomic E-state index is 11.7. The van der Waals surface area contributed by atoms with Crippen molar-refractivity contribution < 1.29 is 4.79 Å². The quantitative estimate of drug-likeness (QED) is 0.921. The molecule has 0 atom stereocenters. The van der Waals surface area contributed by atoms with Crippen LogP contribution >= 0.6 is 23.4 Å². The van der Waals surface area contributed by atoms with Gasteiger partial charge in [-0.05, 0) is 13.8 Å². The van der Waals surface area contributed by atoms with Crippen molar-refractivity contribution in [3.63, 3.8) is 0 Å². The Morgan fingerprint density at radius 1 is 1.56 bits per heavy atom. The van der Waals surface area contributed by atoms with Crippen molar-refractivity contribution in [2.75, 3.05) is 12.3 Å². The van der Waals surface area contributed by atoms with E-state index in [-0.39, 0.29) is 5.91 Å². The first-order chi connectivity index (χ1) is 8.58. The van der Waals surface area contributed by atoms with E-state index in [0.717, 1.165) is 28.9 Å². The maximum Gasteiger partial charge on any atom is 0.227 e. The fourth-order valence-corrected chi connectivity index (χ4v) is 2.57. The SMILES string of the molecule is Cc1nn(CCC(=O)NC2=NCCS2)c(C)c1Cl. The Bertz CT molecular complexity index is 497. The number of halogens is 1. The highest BCUT2D eigenvalue weighted by molar-refractivity contribution is 8.14. The van der Waals surface area contributed by atoms with Crippen molar-refractivity contribution in [1.29, 1.82) is 0 Å². The fraction of sp³-hybridized carbons (Fsp3) is 0.545. The Morgan fingerprint density at radius 2 is 2.33 bits per heavy atom. The second-order valence-corrected chi connectivity index (χ2v) is 5.50. The van der Waals surface area contributed by atoms with Gasteiger partial charge in [0, 0.05) is 12.2 Å². The highest BCUT2D eigenvalue weighted by Crippen LogP contribution is 2.19. The predicted molar refractivity (Wildman–Crippen MR) is 74.2 cm³/mol. The van der Waals surface area contributed by atoms with Gasteiger partial charge >= 0.3 is 0 Å². The van der Waals surface area contributed by atoms with Gasteiger partial charge in [0.05, 0.1) is 29.5 Å². The number of amides is 1. The van der Waals surface area contributed by atoms with Crippen LogP contribution in [0.15, 0.2) is 4.99 Å². The second-order valence-electron chi connectivity index (χ2n) is 4.04. The fourth-order valence-electron chi connectivity index (χ4n) is 1.69. The number of nitrogens with one attached hydrogen (secondary N) is 1. The van der Waals surface area contributed by atoms with E-state index in [1.807, 2.05) is 13.8 Å². The molecular weight excluding hydrogens is 272 g/mol. The summed E-state index contributed by atoms with van der Waals surface area (Å²) in [6.45, 7) is 5.07. The molecule has 5 nitrogen and oxygen atoms in total. The molecule has 0 fully saturated rings. The summed E-state index contributed by atoms with van der Waals surface area (Å²) < 4.78 is 1.76. The van der Waals surface area contributed by atoms with Crippen molar-refractivity contribution >= 4 is 34.4 Å². The Balaban J connectivity index is 1.87. The van der Waals surface area contributed by atoms with Crippen molar-refractivity contribution in [3.8, 4) is 0 Å². The summed E-state index contributed by atoms with van der Waals surface area (Å²) in [5.74, 6) is 0.912. The average molecular weight is 287 g/mol. The number of aryl methyl sites for hydroxylation is 2. The summed E-state index contributed by atoms with van der Waals surface area (Å²) in [6.07, 6.45) is 0.373. The molecule has 0 unspecified atom stereocenters. The van der Waals surface area contributed by atoms with Crippen LogP contribution < -0.4 is 5.32 Å². The van der Waals surface area contributed by atoms with Gasteiger partial charge in [-0.15, -0.1) is 0 Å². The lowest BCUT2D eigenvalue weighted by molar-refractivity contribution is -0.119. The van der Waals surface area contributed by atoms with E-state index in [0.29, 0.717) is 18.0 Å². The van der Waals surface area contributed by atoms with Gasteiger partial charge in [0.15, 0.2) is 5.17 Å². The molecule has 1 aromatic rings. The highest BCUT2D eigenvalue weighted by Gasteiger charge is 2.13. The number of carbonyl (C=O) groups excluding carboxylic acids is 1. The largest absolute Gasteiger partial charge is 0.305 e. The molecule has 0 saturated heterocycles. The highest BCUT2D eigenvalue weighted by atomic mass is 35.5. The Hall–Kier alpha value is -1.01. The summed E-state index contributed by atoms with van der Waals surface area (Å²) >= 11 is 7.62. The molecule has 1 aromatic heterocycles. The number of rotatable bonds is 3. The molecule has 1 aliphatic rings. The van der Waals surface area contributed by atoms with Crippen LogP contribution in [0.25, 0.3) is 0 Å². The zero-order valence-electron chi connectivity index (χ0n) is 10.4. The Morgan fingerprint density at radius 3 is 2.89 bits per heavy atom. The summed E-state index contributed by atoms with van der Waals surface area (Å²) in [5.41, 5.74) is 1.69. The molecule has 1 aliphatic heterocycles. The Kier molecular flexibility index (Phi) is 4.29. The Labute approximate surface area is 115 Å². The van der Waals surface area contributed by atoms with E-state index in [1.165, 1.54) is 0 Å². The lowest BCUT2D eigenvalue weighted by atomic mass is 10.3. The standard InChI is InChI=1S/C11H15ClN4OS/c1-7-10(12)8(2)16(15-7)5-3-9(17)14-11-13-4-6-18-11/h3-6H2,1-2H3,(H,13,14,17). The van der Waals surface area contributed by atoms with Gasteiger partial charge in [0.1, 0.15) is 0 Å². The van der Waals surface area contributed by atoms with Gasteiger partial charge in [-0.3, -0.25) is 14.5 Å². The normalized spacial score (nSPS) is 14.7. The minimum Gasteiger partial charge on any atom is -0.305 e.